The van der Waals surface area contributed by atoms with Gasteiger partial charge in [0.1, 0.15) is 0 Å². The number of aromatic nitrogens is 2. The van der Waals surface area contributed by atoms with Crippen LogP contribution in [-0.2, 0) is 4.79 Å². The number of carbonyl (C=O) groups is 2. The number of nitrogens with one attached hydrogen (secondary N) is 1. The summed E-state index contributed by atoms with van der Waals surface area (Å²) in [5.74, 6) is -1.01. The van der Waals surface area contributed by atoms with Crippen molar-refractivity contribution in [2.45, 2.75) is 12.1 Å². The van der Waals surface area contributed by atoms with E-state index < -0.39 is 0 Å². The molecule has 2 rings (SSSR count). The second kappa shape index (κ2) is 6.90. The SMILES string of the molecule is CC(=O)Nc1ccc(C(=O)CSc2nc(O)cc(O)n2)cc1. The Morgan fingerprint density at radius 3 is 2.27 bits per heavy atom. The summed E-state index contributed by atoms with van der Waals surface area (Å²) in [6.45, 7) is 1.40. The molecule has 0 aliphatic heterocycles. The van der Waals surface area contributed by atoms with E-state index in [-0.39, 0.29) is 34.4 Å². The van der Waals surface area contributed by atoms with E-state index in [4.69, 9.17) is 0 Å². The fourth-order valence-corrected chi connectivity index (χ4v) is 2.36. The fraction of sp³-hybridized carbons (Fsp3) is 0.143. The Morgan fingerprint density at radius 2 is 1.73 bits per heavy atom. The highest BCUT2D eigenvalue weighted by atomic mass is 32.2. The van der Waals surface area contributed by atoms with Crippen molar-refractivity contribution < 1.29 is 19.8 Å². The van der Waals surface area contributed by atoms with Crippen LogP contribution in [0, 0.1) is 0 Å². The van der Waals surface area contributed by atoms with Crippen molar-refractivity contribution in [3.8, 4) is 11.8 Å². The summed E-state index contributed by atoms with van der Waals surface area (Å²) in [6.07, 6.45) is 0. The van der Waals surface area contributed by atoms with Crippen LogP contribution in [0.1, 0.15) is 17.3 Å². The normalized spacial score (nSPS) is 10.2. The van der Waals surface area contributed by atoms with Crippen molar-refractivity contribution in [2.75, 3.05) is 11.1 Å². The Hall–Kier alpha value is -2.61. The largest absolute Gasteiger partial charge is 0.493 e. The summed E-state index contributed by atoms with van der Waals surface area (Å²) in [6, 6.07) is 7.49. The van der Waals surface area contributed by atoms with E-state index in [1.54, 1.807) is 24.3 Å². The van der Waals surface area contributed by atoms with Gasteiger partial charge in [-0.25, -0.2) is 0 Å². The molecule has 1 amide bonds. The number of aromatic hydroxyl groups is 2. The number of Topliss-reactive ketones (excluding diaryl/α,β-unsaturated/α-hetero) is 1. The third-order valence-corrected chi connectivity index (χ3v) is 3.39. The Bertz CT molecular complexity index is 683. The van der Waals surface area contributed by atoms with Crippen LogP contribution < -0.4 is 5.32 Å². The second-order valence-corrected chi connectivity index (χ2v) is 5.28. The zero-order chi connectivity index (χ0) is 16.1. The van der Waals surface area contributed by atoms with Crippen LogP contribution in [0.3, 0.4) is 0 Å². The first kappa shape index (κ1) is 15.8. The number of hydrogen-bond acceptors (Lipinski definition) is 7. The molecule has 0 saturated carbocycles. The average Bonchev–Trinajstić information content (AvgIpc) is 2.44. The van der Waals surface area contributed by atoms with Gasteiger partial charge in [0.2, 0.25) is 17.7 Å². The number of benzene rings is 1. The molecule has 22 heavy (non-hydrogen) atoms. The molecule has 114 valence electrons. The Labute approximate surface area is 130 Å². The van der Waals surface area contributed by atoms with E-state index in [0.29, 0.717) is 11.3 Å². The summed E-state index contributed by atoms with van der Waals surface area (Å²) < 4.78 is 0. The summed E-state index contributed by atoms with van der Waals surface area (Å²) in [5.41, 5.74) is 1.09. The third kappa shape index (κ3) is 4.45. The highest BCUT2D eigenvalue weighted by molar-refractivity contribution is 7.99. The van der Waals surface area contributed by atoms with Gasteiger partial charge in [0.25, 0.3) is 0 Å². The Kier molecular flexibility index (Phi) is 4.95. The van der Waals surface area contributed by atoms with Gasteiger partial charge in [-0.05, 0) is 24.3 Å². The number of hydrogen-bond donors (Lipinski definition) is 3. The molecule has 0 aliphatic rings. The minimum absolute atomic E-state index is 0.0579. The molecule has 8 heteroatoms. The summed E-state index contributed by atoms with van der Waals surface area (Å²) in [7, 11) is 0. The molecule has 0 spiro atoms. The minimum Gasteiger partial charge on any atom is -0.493 e. The van der Waals surface area contributed by atoms with Gasteiger partial charge < -0.3 is 15.5 Å². The standard InChI is InChI=1S/C14H13N3O4S/c1-8(18)15-10-4-2-9(3-5-10)11(19)7-22-14-16-12(20)6-13(21)17-14/h2-6H,7H2,1H3,(H,15,18)(H2,16,17,20,21). The molecule has 0 atom stereocenters. The molecular weight excluding hydrogens is 306 g/mol. The van der Waals surface area contributed by atoms with Gasteiger partial charge in [-0.1, -0.05) is 11.8 Å². The molecule has 0 unspecified atom stereocenters. The molecule has 0 bridgehead atoms. The van der Waals surface area contributed by atoms with E-state index >= 15 is 0 Å². The lowest BCUT2D eigenvalue weighted by molar-refractivity contribution is -0.114. The van der Waals surface area contributed by atoms with Gasteiger partial charge in [0.05, 0.1) is 11.8 Å². The molecule has 7 nitrogen and oxygen atoms in total. The van der Waals surface area contributed by atoms with E-state index in [1.807, 2.05) is 0 Å². The third-order valence-electron chi connectivity index (χ3n) is 2.54. The van der Waals surface area contributed by atoms with E-state index in [0.717, 1.165) is 17.8 Å². The zero-order valence-electron chi connectivity index (χ0n) is 11.6. The lowest BCUT2D eigenvalue weighted by atomic mass is 10.1. The molecule has 2 aromatic rings. The van der Waals surface area contributed by atoms with Crippen molar-refractivity contribution in [1.82, 2.24) is 9.97 Å². The molecule has 0 aliphatic carbocycles. The zero-order valence-corrected chi connectivity index (χ0v) is 12.4. The van der Waals surface area contributed by atoms with Crippen LogP contribution in [0.15, 0.2) is 35.5 Å². The first-order valence-electron chi connectivity index (χ1n) is 6.24. The van der Waals surface area contributed by atoms with Crippen molar-refractivity contribution >= 4 is 29.1 Å². The van der Waals surface area contributed by atoms with Gasteiger partial charge in [0, 0.05) is 18.2 Å². The number of nitrogens with zero attached hydrogens (tertiary/aromatic N) is 2. The topological polar surface area (TPSA) is 112 Å². The molecule has 1 aromatic carbocycles. The van der Waals surface area contributed by atoms with Gasteiger partial charge in [-0.15, -0.1) is 0 Å². The van der Waals surface area contributed by atoms with Gasteiger partial charge in [-0.2, -0.15) is 9.97 Å². The Morgan fingerprint density at radius 1 is 1.14 bits per heavy atom. The van der Waals surface area contributed by atoms with Gasteiger partial charge in [-0.3, -0.25) is 9.59 Å². The summed E-state index contributed by atoms with van der Waals surface area (Å²) in [4.78, 5) is 30.3. The van der Waals surface area contributed by atoms with Crippen LogP contribution in [0.25, 0.3) is 0 Å². The molecule has 3 N–H and O–H groups in total. The van der Waals surface area contributed by atoms with E-state index in [9.17, 15) is 19.8 Å². The van der Waals surface area contributed by atoms with Gasteiger partial charge in [0.15, 0.2) is 10.9 Å². The average molecular weight is 319 g/mol. The van der Waals surface area contributed by atoms with Crippen molar-refractivity contribution in [3.63, 3.8) is 0 Å². The maximum absolute atomic E-state index is 12.0. The van der Waals surface area contributed by atoms with Crippen molar-refractivity contribution in [2.24, 2.45) is 0 Å². The maximum Gasteiger partial charge on any atom is 0.221 e. The number of amides is 1. The van der Waals surface area contributed by atoms with Crippen LogP contribution in [0.5, 0.6) is 11.8 Å². The number of thioether (sulfide) groups is 1. The summed E-state index contributed by atoms with van der Waals surface area (Å²) >= 11 is 1.01. The summed E-state index contributed by atoms with van der Waals surface area (Å²) in [5, 5.41) is 21.2. The molecular formula is C14H13N3O4S. The number of ketones is 1. The molecule has 1 heterocycles. The number of carbonyl (C=O) groups excluding carboxylic acids is 2. The van der Waals surface area contributed by atoms with Crippen molar-refractivity contribution in [3.05, 3.63) is 35.9 Å². The highest BCUT2D eigenvalue weighted by Gasteiger charge is 2.10. The fourth-order valence-electron chi connectivity index (χ4n) is 1.62. The number of rotatable bonds is 5. The second-order valence-electron chi connectivity index (χ2n) is 4.34. The molecule has 0 radical (unpaired) electrons. The molecule has 0 fully saturated rings. The predicted octanol–water partition coefficient (Wildman–Crippen LogP) is 1.82. The van der Waals surface area contributed by atoms with E-state index in [2.05, 4.69) is 15.3 Å². The molecule has 0 saturated heterocycles. The first-order valence-corrected chi connectivity index (χ1v) is 7.23. The quantitative estimate of drug-likeness (QED) is 0.438. The molecule has 1 aromatic heterocycles. The van der Waals surface area contributed by atoms with Crippen LogP contribution in [-0.4, -0.2) is 37.6 Å². The predicted molar refractivity (Wildman–Crippen MR) is 81.2 cm³/mol. The maximum atomic E-state index is 12.0. The van der Waals surface area contributed by atoms with E-state index in [1.165, 1.54) is 6.92 Å². The number of anilines is 1. The lowest BCUT2D eigenvalue weighted by Gasteiger charge is -2.04. The lowest BCUT2D eigenvalue weighted by Crippen LogP contribution is -2.07. The highest BCUT2D eigenvalue weighted by Crippen LogP contribution is 2.21. The monoisotopic (exact) mass is 319 g/mol. The smallest absolute Gasteiger partial charge is 0.221 e. The minimum atomic E-state index is -0.359. The van der Waals surface area contributed by atoms with Crippen LogP contribution in [0.2, 0.25) is 0 Å². The van der Waals surface area contributed by atoms with Crippen molar-refractivity contribution in [1.29, 1.82) is 0 Å². The Balaban J connectivity index is 1.98. The first-order chi connectivity index (χ1) is 10.4. The van der Waals surface area contributed by atoms with Crippen LogP contribution >= 0.6 is 11.8 Å². The van der Waals surface area contributed by atoms with Gasteiger partial charge >= 0.3 is 0 Å². The van der Waals surface area contributed by atoms with Crippen LogP contribution in [0.4, 0.5) is 5.69 Å².